The van der Waals surface area contributed by atoms with E-state index in [0.29, 0.717) is 18.8 Å². The van der Waals surface area contributed by atoms with Gasteiger partial charge in [-0.25, -0.2) is 0 Å². The van der Waals surface area contributed by atoms with Crippen molar-refractivity contribution in [1.29, 1.82) is 0 Å². The fraction of sp³-hybridized carbons (Fsp3) is 0.360. The Morgan fingerprint density at radius 1 is 1.20 bits per heavy atom. The van der Waals surface area contributed by atoms with E-state index in [4.69, 9.17) is 4.74 Å². The van der Waals surface area contributed by atoms with E-state index in [1.807, 2.05) is 30.5 Å². The summed E-state index contributed by atoms with van der Waals surface area (Å²) in [5.41, 5.74) is 5.66. The van der Waals surface area contributed by atoms with Crippen LogP contribution in [0.4, 0.5) is 0 Å². The molecule has 1 unspecified atom stereocenters. The minimum Gasteiger partial charge on any atom is -0.481 e. The van der Waals surface area contributed by atoms with Crippen molar-refractivity contribution in [3.8, 4) is 16.9 Å². The molecular weight excluding hydrogens is 376 g/mol. The lowest BCUT2D eigenvalue weighted by Gasteiger charge is -2.32. The number of aliphatic hydroxyl groups is 1. The van der Waals surface area contributed by atoms with Crippen LogP contribution in [0, 0.1) is 13.8 Å². The van der Waals surface area contributed by atoms with Gasteiger partial charge in [-0.15, -0.1) is 0 Å². The Morgan fingerprint density at radius 3 is 2.70 bits per heavy atom. The van der Waals surface area contributed by atoms with Crippen LogP contribution in [-0.4, -0.2) is 46.2 Å². The van der Waals surface area contributed by atoms with Crippen molar-refractivity contribution < 1.29 is 14.6 Å². The molecule has 3 aromatic rings. The number of aromatic nitrogens is 1. The zero-order valence-electron chi connectivity index (χ0n) is 17.8. The maximum absolute atomic E-state index is 12.7. The second-order valence-electron chi connectivity index (χ2n) is 8.14. The fourth-order valence-corrected chi connectivity index (χ4v) is 4.33. The SMILES string of the molecule is Cc1cccc(C)c1-c1ccnc2cc(O[C@H](C)C(=O)N3CCCC(O)C3)ccc12. The van der Waals surface area contributed by atoms with Crippen LogP contribution in [0.3, 0.4) is 0 Å². The molecule has 2 atom stereocenters. The van der Waals surface area contributed by atoms with E-state index in [-0.39, 0.29) is 5.91 Å². The first-order valence-corrected chi connectivity index (χ1v) is 10.5. The second kappa shape index (κ2) is 8.44. The van der Waals surface area contributed by atoms with Gasteiger partial charge < -0.3 is 14.7 Å². The molecule has 156 valence electrons. The van der Waals surface area contributed by atoms with Crippen LogP contribution in [0.15, 0.2) is 48.7 Å². The average molecular weight is 405 g/mol. The van der Waals surface area contributed by atoms with Crippen LogP contribution in [0.1, 0.15) is 30.9 Å². The van der Waals surface area contributed by atoms with Crippen molar-refractivity contribution in [1.82, 2.24) is 9.88 Å². The molecule has 5 nitrogen and oxygen atoms in total. The van der Waals surface area contributed by atoms with Gasteiger partial charge >= 0.3 is 0 Å². The Morgan fingerprint density at radius 2 is 1.97 bits per heavy atom. The Bertz CT molecular complexity index is 1060. The summed E-state index contributed by atoms with van der Waals surface area (Å²) in [5, 5.41) is 10.9. The molecule has 1 aliphatic rings. The second-order valence-corrected chi connectivity index (χ2v) is 8.14. The van der Waals surface area contributed by atoms with Gasteiger partial charge in [-0.3, -0.25) is 9.78 Å². The smallest absolute Gasteiger partial charge is 0.263 e. The molecule has 0 bridgehead atoms. The van der Waals surface area contributed by atoms with Gasteiger partial charge in [-0.2, -0.15) is 0 Å². The Hall–Kier alpha value is -2.92. The van der Waals surface area contributed by atoms with Gasteiger partial charge in [0.2, 0.25) is 0 Å². The largest absolute Gasteiger partial charge is 0.481 e. The van der Waals surface area contributed by atoms with Gasteiger partial charge in [-0.05, 0) is 74.1 Å². The Kier molecular flexibility index (Phi) is 5.73. The molecule has 1 amide bonds. The number of likely N-dealkylation sites (tertiary alicyclic amines) is 1. The zero-order chi connectivity index (χ0) is 21.3. The van der Waals surface area contributed by atoms with E-state index in [1.165, 1.54) is 16.7 Å². The summed E-state index contributed by atoms with van der Waals surface area (Å²) >= 11 is 0. The topological polar surface area (TPSA) is 62.7 Å². The summed E-state index contributed by atoms with van der Waals surface area (Å²) in [5.74, 6) is 0.526. The van der Waals surface area contributed by atoms with Gasteiger partial charge in [0.25, 0.3) is 5.91 Å². The minimum absolute atomic E-state index is 0.0916. The van der Waals surface area contributed by atoms with Gasteiger partial charge in [0.15, 0.2) is 6.10 Å². The monoisotopic (exact) mass is 404 g/mol. The summed E-state index contributed by atoms with van der Waals surface area (Å²) in [6.07, 6.45) is 2.33. The number of aliphatic hydroxyl groups excluding tert-OH is 1. The predicted octanol–water partition coefficient (Wildman–Crippen LogP) is 4.27. The summed E-state index contributed by atoms with van der Waals surface area (Å²) in [6, 6.07) is 14.2. The number of piperidine rings is 1. The quantitative estimate of drug-likeness (QED) is 0.705. The third kappa shape index (κ3) is 4.03. The van der Waals surface area contributed by atoms with Gasteiger partial charge in [0, 0.05) is 30.7 Å². The third-order valence-corrected chi connectivity index (χ3v) is 5.83. The number of aryl methyl sites for hydroxylation is 2. The van der Waals surface area contributed by atoms with Crippen molar-refractivity contribution >= 4 is 16.8 Å². The number of hydrogen-bond donors (Lipinski definition) is 1. The van der Waals surface area contributed by atoms with Crippen molar-refractivity contribution in [3.63, 3.8) is 0 Å². The number of amides is 1. The van der Waals surface area contributed by atoms with Crippen LogP contribution < -0.4 is 4.74 Å². The number of pyridine rings is 1. The molecule has 1 aromatic heterocycles. The lowest BCUT2D eigenvalue weighted by atomic mass is 9.93. The van der Waals surface area contributed by atoms with E-state index in [0.717, 1.165) is 29.3 Å². The molecule has 0 aliphatic carbocycles. The summed E-state index contributed by atoms with van der Waals surface area (Å²) in [6.45, 7) is 7.05. The minimum atomic E-state index is -0.616. The highest BCUT2D eigenvalue weighted by Crippen LogP contribution is 2.33. The van der Waals surface area contributed by atoms with Gasteiger partial charge in [0.05, 0.1) is 11.6 Å². The number of rotatable bonds is 4. The summed E-state index contributed by atoms with van der Waals surface area (Å²) < 4.78 is 5.95. The number of ether oxygens (including phenoxy) is 1. The first-order valence-electron chi connectivity index (χ1n) is 10.5. The van der Waals surface area contributed by atoms with Crippen LogP contribution in [-0.2, 0) is 4.79 Å². The molecule has 0 saturated carbocycles. The molecule has 2 aromatic carbocycles. The Balaban J connectivity index is 1.59. The Labute approximate surface area is 177 Å². The standard InChI is InChI=1S/C25H28N2O3/c1-16-6-4-7-17(2)24(16)22-11-12-26-23-14-20(9-10-21(22)23)30-18(3)25(29)27-13-5-8-19(28)15-27/h4,6-7,9-12,14,18-19,28H,5,8,13,15H2,1-3H3/t18-,19?/m1/s1. The summed E-state index contributed by atoms with van der Waals surface area (Å²) in [7, 11) is 0. The van der Waals surface area contributed by atoms with E-state index in [1.54, 1.807) is 11.8 Å². The van der Waals surface area contributed by atoms with Gasteiger partial charge in [-0.1, -0.05) is 18.2 Å². The molecule has 1 fully saturated rings. The van der Waals surface area contributed by atoms with Crippen molar-refractivity contribution in [2.75, 3.05) is 13.1 Å². The molecule has 1 saturated heterocycles. The van der Waals surface area contributed by atoms with Crippen LogP contribution in [0.5, 0.6) is 5.75 Å². The van der Waals surface area contributed by atoms with E-state index < -0.39 is 12.2 Å². The average Bonchev–Trinajstić information content (AvgIpc) is 2.73. The first kappa shape index (κ1) is 20.4. The molecule has 0 radical (unpaired) electrons. The van der Waals surface area contributed by atoms with E-state index in [2.05, 4.69) is 37.0 Å². The number of carbonyl (C=O) groups is 1. The molecule has 0 spiro atoms. The van der Waals surface area contributed by atoms with Crippen molar-refractivity contribution in [2.45, 2.75) is 45.8 Å². The van der Waals surface area contributed by atoms with Crippen molar-refractivity contribution in [3.05, 3.63) is 59.8 Å². The number of nitrogens with zero attached hydrogens (tertiary/aromatic N) is 2. The highest BCUT2D eigenvalue weighted by Gasteiger charge is 2.27. The van der Waals surface area contributed by atoms with Crippen molar-refractivity contribution in [2.24, 2.45) is 0 Å². The lowest BCUT2D eigenvalue weighted by Crippen LogP contribution is -2.47. The zero-order valence-corrected chi connectivity index (χ0v) is 17.8. The first-order chi connectivity index (χ1) is 14.4. The normalized spacial score (nSPS) is 17.7. The highest BCUT2D eigenvalue weighted by atomic mass is 16.5. The third-order valence-electron chi connectivity index (χ3n) is 5.83. The van der Waals surface area contributed by atoms with Crippen LogP contribution >= 0.6 is 0 Å². The molecule has 5 heteroatoms. The number of β-amino-alcohol motifs (C(OH)–C–C–N with tert-alkyl or cyclic N) is 1. The van der Waals surface area contributed by atoms with Gasteiger partial charge in [0.1, 0.15) is 5.75 Å². The van der Waals surface area contributed by atoms with Crippen LogP contribution in [0.2, 0.25) is 0 Å². The maximum atomic E-state index is 12.7. The van der Waals surface area contributed by atoms with Crippen LogP contribution in [0.25, 0.3) is 22.0 Å². The molecule has 1 N–H and O–H groups in total. The number of fused-ring (bicyclic) bond motifs is 1. The molecule has 30 heavy (non-hydrogen) atoms. The molecule has 1 aliphatic heterocycles. The van der Waals surface area contributed by atoms with E-state index in [9.17, 15) is 9.90 Å². The lowest BCUT2D eigenvalue weighted by molar-refractivity contribution is -0.141. The molecule has 4 rings (SSSR count). The maximum Gasteiger partial charge on any atom is 0.263 e. The number of hydrogen-bond acceptors (Lipinski definition) is 4. The van der Waals surface area contributed by atoms with E-state index >= 15 is 0 Å². The number of benzene rings is 2. The predicted molar refractivity (Wildman–Crippen MR) is 119 cm³/mol. The summed E-state index contributed by atoms with van der Waals surface area (Å²) in [4.78, 5) is 18.9. The highest BCUT2D eigenvalue weighted by molar-refractivity contribution is 5.96. The fourth-order valence-electron chi connectivity index (χ4n) is 4.33. The molecular formula is C25H28N2O3. The molecule has 2 heterocycles. The number of carbonyl (C=O) groups excluding carboxylic acids is 1.